The van der Waals surface area contributed by atoms with E-state index in [1.54, 1.807) is 24.3 Å². The highest BCUT2D eigenvalue weighted by Crippen LogP contribution is 2.29. The first-order chi connectivity index (χ1) is 15.0. The maximum Gasteiger partial charge on any atom is 0.257 e. The first kappa shape index (κ1) is 22.7. The monoisotopic (exact) mass is 439 g/mol. The number of carbonyl (C=O) groups excluding carboxylic acids is 1. The number of rotatable bonds is 10. The van der Waals surface area contributed by atoms with Crippen molar-refractivity contribution in [1.29, 1.82) is 0 Å². The minimum absolute atomic E-state index is 0.232. The number of carbonyl (C=O) groups is 1. The third kappa shape index (κ3) is 6.52. The van der Waals surface area contributed by atoms with Gasteiger partial charge >= 0.3 is 0 Å². The summed E-state index contributed by atoms with van der Waals surface area (Å²) < 4.78 is 11.6. The quantitative estimate of drug-likeness (QED) is 0.393. The molecular weight excluding hydrogens is 410 g/mol. The number of ether oxygens (including phenoxy) is 2. The van der Waals surface area contributed by atoms with Crippen molar-refractivity contribution in [1.82, 2.24) is 10.2 Å². The van der Waals surface area contributed by atoms with Gasteiger partial charge in [-0.25, -0.2) is 0 Å². The predicted molar refractivity (Wildman–Crippen MR) is 124 cm³/mol. The Hall–Kier alpha value is -2.93. The Kier molecular flexibility index (Phi) is 8.00. The lowest BCUT2D eigenvalue weighted by molar-refractivity contribution is 0.102. The van der Waals surface area contributed by atoms with Crippen molar-refractivity contribution in [3.8, 4) is 11.5 Å². The Morgan fingerprint density at radius 3 is 2.58 bits per heavy atom. The molecule has 0 radical (unpaired) electrons. The first-order valence-electron chi connectivity index (χ1n) is 10.6. The van der Waals surface area contributed by atoms with Gasteiger partial charge in [0.2, 0.25) is 5.13 Å². The molecule has 2 aromatic carbocycles. The molecule has 0 aliphatic heterocycles. The normalized spacial score (nSPS) is 10.9. The third-order valence-corrected chi connectivity index (χ3v) is 5.52. The molecule has 0 unspecified atom stereocenters. The van der Waals surface area contributed by atoms with E-state index in [-0.39, 0.29) is 5.91 Å². The van der Waals surface area contributed by atoms with Gasteiger partial charge in [-0.2, -0.15) is 0 Å². The molecule has 0 saturated heterocycles. The van der Waals surface area contributed by atoms with Crippen LogP contribution in [0.15, 0.2) is 42.5 Å². The second-order valence-electron chi connectivity index (χ2n) is 7.67. The van der Waals surface area contributed by atoms with Crippen molar-refractivity contribution in [2.75, 3.05) is 11.9 Å². The fraction of sp³-hybridized carbons (Fsp3) is 0.375. The Morgan fingerprint density at radius 2 is 1.87 bits per heavy atom. The van der Waals surface area contributed by atoms with E-state index >= 15 is 0 Å². The number of amides is 1. The molecule has 0 bridgehead atoms. The molecule has 0 spiro atoms. The number of nitrogens with zero attached hydrogens (tertiary/aromatic N) is 2. The number of hydrogen-bond acceptors (Lipinski definition) is 6. The summed E-state index contributed by atoms with van der Waals surface area (Å²) in [5, 5.41) is 12.1. The molecule has 0 fully saturated rings. The number of aryl methyl sites for hydroxylation is 1. The van der Waals surface area contributed by atoms with Crippen LogP contribution in [0.25, 0.3) is 0 Å². The molecule has 3 rings (SSSR count). The third-order valence-electron chi connectivity index (χ3n) is 4.71. The van der Waals surface area contributed by atoms with Crippen molar-refractivity contribution >= 4 is 22.4 Å². The Balaban J connectivity index is 1.56. The molecule has 1 aromatic heterocycles. The number of hydrogen-bond donors (Lipinski definition) is 1. The van der Waals surface area contributed by atoms with Crippen LogP contribution in [0.5, 0.6) is 11.5 Å². The minimum atomic E-state index is -0.232. The van der Waals surface area contributed by atoms with E-state index in [0.29, 0.717) is 34.8 Å². The highest BCUT2D eigenvalue weighted by Gasteiger charge is 2.13. The minimum Gasteiger partial charge on any atom is -0.494 e. The summed E-state index contributed by atoms with van der Waals surface area (Å²) in [5.74, 6) is 1.75. The standard InChI is InChI=1S/C24H29N3O3S/c1-5-6-13-29-19-10-8-18(9-11-19)23(28)25-24-27-26-22(31-24)15-30-21-14-17(4)7-12-20(21)16(2)3/h7-12,14,16H,5-6,13,15H2,1-4H3,(H,25,27,28). The second kappa shape index (κ2) is 10.9. The average Bonchev–Trinajstić information content (AvgIpc) is 3.20. The molecule has 1 amide bonds. The van der Waals surface area contributed by atoms with E-state index in [0.717, 1.165) is 35.5 Å². The summed E-state index contributed by atoms with van der Waals surface area (Å²) in [5.41, 5.74) is 2.84. The predicted octanol–water partition coefficient (Wildman–Crippen LogP) is 5.98. The number of aromatic nitrogens is 2. The topological polar surface area (TPSA) is 73.3 Å². The van der Waals surface area contributed by atoms with E-state index in [4.69, 9.17) is 9.47 Å². The van der Waals surface area contributed by atoms with E-state index in [1.165, 1.54) is 11.3 Å². The van der Waals surface area contributed by atoms with Gasteiger partial charge in [0.1, 0.15) is 18.1 Å². The zero-order chi connectivity index (χ0) is 22.2. The molecule has 0 atom stereocenters. The van der Waals surface area contributed by atoms with Crippen molar-refractivity contribution in [3.63, 3.8) is 0 Å². The lowest BCUT2D eigenvalue weighted by atomic mass is 10.0. The summed E-state index contributed by atoms with van der Waals surface area (Å²) >= 11 is 1.31. The van der Waals surface area contributed by atoms with Gasteiger partial charge in [0, 0.05) is 5.56 Å². The van der Waals surface area contributed by atoms with Gasteiger partial charge in [-0.3, -0.25) is 10.1 Å². The van der Waals surface area contributed by atoms with Crippen LogP contribution in [0.4, 0.5) is 5.13 Å². The molecule has 1 N–H and O–H groups in total. The van der Waals surface area contributed by atoms with Gasteiger partial charge in [-0.1, -0.05) is 50.7 Å². The highest BCUT2D eigenvalue weighted by atomic mass is 32.1. The maximum atomic E-state index is 12.5. The lowest BCUT2D eigenvalue weighted by Gasteiger charge is -2.13. The fourth-order valence-electron chi connectivity index (χ4n) is 2.95. The van der Waals surface area contributed by atoms with E-state index in [9.17, 15) is 4.79 Å². The molecule has 3 aromatic rings. The van der Waals surface area contributed by atoms with E-state index < -0.39 is 0 Å². The summed E-state index contributed by atoms with van der Waals surface area (Å²) in [6, 6.07) is 13.3. The summed E-state index contributed by atoms with van der Waals surface area (Å²) in [7, 11) is 0. The largest absolute Gasteiger partial charge is 0.494 e. The molecule has 0 aliphatic carbocycles. The number of nitrogens with one attached hydrogen (secondary N) is 1. The zero-order valence-electron chi connectivity index (χ0n) is 18.5. The van der Waals surface area contributed by atoms with Crippen LogP contribution < -0.4 is 14.8 Å². The number of anilines is 1. The lowest BCUT2D eigenvalue weighted by Crippen LogP contribution is -2.11. The Morgan fingerprint density at radius 1 is 1.10 bits per heavy atom. The van der Waals surface area contributed by atoms with Gasteiger partial charge in [0.15, 0.2) is 5.01 Å². The maximum absolute atomic E-state index is 12.5. The van der Waals surface area contributed by atoms with Crippen LogP contribution in [0.3, 0.4) is 0 Å². The second-order valence-corrected chi connectivity index (χ2v) is 8.73. The van der Waals surface area contributed by atoms with Crippen LogP contribution in [0.1, 0.15) is 66.0 Å². The van der Waals surface area contributed by atoms with Crippen molar-refractivity contribution < 1.29 is 14.3 Å². The van der Waals surface area contributed by atoms with Gasteiger partial charge in [-0.05, 0) is 60.7 Å². The smallest absolute Gasteiger partial charge is 0.257 e. The Labute approximate surface area is 187 Å². The van der Waals surface area contributed by atoms with Gasteiger partial charge in [0.05, 0.1) is 6.61 Å². The van der Waals surface area contributed by atoms with Gasteiger partial charge in [-0.15, -0.1) is 10.2 Å². The summed E-state index contributed by atoms with van der Waals surface area (Å²) in [6.45, 7) is 9.42. The number of benzene rings is 2. The fourth-order valence-corrected chi connectivity index (χ4v) is 3.60. The van der Waals surface area contributed by atoms with Crippen LogP contribution in [-0.4, -0.2) is 22.7 Å². The zero-order valence-corrected chi connectivity index (χ0v) is 19.3. The van der Waals surface area contributed by atoms with Gasteiger partial charge < -0.3 is 9.47 Å². The van der Waals surface area contributed by atoms with Gasteiger partial charge in [0.25, 0.3) is 5.91 Å². The molecule has 1 heterocycles. The molecule has 0 aliphatic rings. The van der Waals surface area contributed by atoms with Crippen molar-refractivity contribution in [3.05, 3.63) is 64.2 Å². The van der Waals surface area contributed by atoms with Crippen LogP contribution in [-0.2, 0) is 6.61 Å². The van der Waals surface area contributed by atoms with E-state index in [2.05, 4.69) is 48.4 Å². The molecular formula is C24H29N3O3S. The molecule has 6 nitrogen and oxygen atoms in total. The van der Waals surface area contributed by atoms with Crippen LogP contribution in [0.2, 0.25) is 0 Å². The molecule has 7 heteroatoms. The van der Waals surface area contributed by atoms with E-state index in [1.807, 2.05) is 13.0 Å². The van der Waals surface area contributed by atoms with Crippen molar-refractivity contribution in [2.45, 2.75) is 53.1 Å². The molecule has 31 heavy (non-hydrogen) atoms. The summed E-state index contributed by atoms with van der Waals surface area (Å²) in [4.78, 5) is 12.5. The Bertz CT molecular complexity index is 1000. The molecule has 0 saturated carbocycles. The summed E-state index contributed by atoms with van der Waals surface area (Å²) in [6.07, 6.45) is 2.09. The van der Waals surface area contributed by atoms with Crippen LogP contribution in [0, 0.1) is 6.92 Å². The SMILES string of the molecule is CCCCOc1ccc(C(=O)Nc2nnc(COc3cc(C)ccc3C(C)C)s2)cc1. The first-order valence-corrected chi connectivity index (χ1v) is 11.4. The highest BCUT2D eigenvalue weighted by molar-refractivity contribution is 7.15. The average molecular weight is 440 g/mol. The number of unbranched alkanes of at least 4 members (excludes halogenated alkanes) is 1. The molecule has 164 valence electrons. The van der Waals surface area contributed by atoms with Crippen LogP contribution >= 0.6 is 11.3 Å². The van der Waals surface area contributed by atoms with Crippen molar-refractivity contribution in [2.24, 2.45) is 0 Å².